The Morgan fingerprint density at radius 1 is 1.06 bits per heavy atom. The number of ether oxygens (including phenoxy) is 2. The van der Waals surface area contributed by atoms with Gasteiger partial charge in [-0.2, -0.15) is 0 Å². The second kappa shape index (κ2) is 10.5. The lowest BCUT2D eigenvalue weighted by atomic mass is 9.68. The van der Waals surface area contributed by atoms with Crippen LogP contribution >= 0.6 is 0 Å². The van der Waals surface area contributed by atoms with E-state index in [9.17, 15) is 9.59 Å². The molecule has 0 spiro atoms. The summed E-state index contributed by atoms with van der Waals surface area (Å²) in [4.78, 5) is 27.1. The van der Waals surface area contributed by atoms with Crippen LogP contribution in [0.25, 0.3) is 0 Å². The van der Waals surface area contributed by atoms with Gasteiger partial charge in [0.15, 0.2) is 5.78 Å². The molecule has 2 aromatic carbocycles. The van der Waals surface area contributed by atoms with Crippen molar-refractivity contribution >= 4 is 11.8 Å². The average Bonchev–Trinajstić information content (AvgIpc) is 2.82. The topological polar surface area (TPSA) is 64.6 Å². The average molecular weight is 474 g/mol. The zero-order chi connectivity index (χ0) is 25.0. The molecule has 5 heteroatoms. The summed E-state index contributed by atoms with van der Waals surface area (Å²) in [5, 5.41) is 3.40. The quantitative estimate of drug-likeness (QED) is 0.365. The van der Waals surface area contributed by atoms with Crippen LogP contribution in [0.1, 0.15) is 70.4 Å². The van der Waals surface area contributed by atoms with Crippen LogP contribution < -0.4 is 10.1 Å². The van der Waals surface area contributed by atoms with Crippen molar-refractivity contribution < 1.29 is 19.1 Å². The van der Waals surface area contributed by atoms with Crippen molar-refractivity contribution in [3.8, 4) is 5.75 Å². The maximum atomic E-state index is 13.6. The second-order valence-corrected chi connectivity index (χ2v) is 10.2. The van der Waals surface area contributed by atoms with Gasteiger partial charge in [0.25, 0.3) is 0 Å². The van der Waals surface area contributed by atoms with E-state index in [1.807, 2.05) is 61.5 Å². The van der Waals surface area contributed by atoms with Crippen LogP contribution in [0.5, 0.6) is 5.75 Å². The summed E-state index contributed by atoms with van der Waals surface area (Å²) in [6.07, 6.45) is 3.14. The van der Waals surface area contributed by atoms with E-state index in [1.165, 1.54) is 0 Å². The first-order valence-corrected chi connectivity index (χ1v) is 12.5. The SMILES string of the molecule is CCCCOc1ccccc1[C@@H]1C(C(=O)OCc2ccccc2)=C(C)NC2=C1C(=O)CC(C)(C)C2. The highest BCUT2D eigenvalue weighted by Gasteiger charge is 2.44. The van der Waals surface area contributed by atoms with Crippen LogP contribution in [-0.2, 0) is 20.9 Å². The zero-order valence-electron chi connectivity index (χ0n) is 21.1. The van der Waals surface area contributed by atoms with E-state index in [2.05, 4.69) is 26.1 Å². The van der Waals surface area contributed by atoms with Gasteiger partial charge in [-0.15, -0.1) is 0 Å². The number of unbranched alkanes of at least 4 members (excludes halogenated alkanes) is 1. The second-order valence-electron chi connectivity index (χ2n) is 10.2. The molecule has 1 heterocycles. The minimum atomic E-state index is -0.532. The Morgan fingerprint density at radius 2 is 1.77 bits per heavy atom. The molecule has 1 aliphatic heterocycles. The number of carbonyl (C=O) groups is 2. The number of allylic oxidation sites excluding steroid dienone is 3. The van der Waals surface area contributed by atoms with Gasteiger partial charge in [0, 0.05) is 29.0 Å². The van der Waals surface area contributed by atoms with Crippen LogP contribution in [0.4, 0.5) is 0 Å². The fourth-order valence-corrected chi connectivity index (χ4v) is 5.00. The minimum Gasteiger partial charge on any atom is -0.493 e. The van der Waals surface area contributed by atoms with Crippen LogP contribution in [-0.4, -0.2) is 18.4 Å². The first-order valence-electron chi connectivity index (χ1n) is 12.5. The molecule has 1 aliphatic carbocycles. The van der Waals surface area contributed by atoms with E-state index in [1.54, 1.807) is 0 Å². The molecule has 2 aromatic rings. The third-order valence-corrected chi connectivity index (χ3v) is 6.66. The predicted octanol–water partition coefficient (Wildman–Crippen LogP) is 6.21. The highest BCUT2D eigenvalue weighted by atomic mass is 16.5. The normalized spacial score (nSPS) is 19.2. The van der Waals surface area contributed by atoms with Crippen LogP contribution in [0.3, 0.4) is 0 Å². The third-order valence-electron chi connectivity index (χ3n) is 6.66. The summed E-state index contributed by atoms with van der Waals surface area (Å²) in [7, 11) is 0. The molecule has 1 atom stereocenters. The number of Topliss-reactive ketones (excluding diaryl/α,β-unsaturated/α-hetero) is 1. The van der Waals surface area contributed by atoms with E-state index in [0.29, 0.717) is 29.9 Å². The van der Waals surface area contributed by atoms with Gasteiger partial charge in [0.05, 0.1) is 18.1 Å². The van der Waals surface area contributed by atoms with Gasteiger partial charge < -0.3 is 14.8 Å². The zero-order valence-corrected chi connectivity index (χ0v) is 21.1. The lowest BCUT2D eigenvalue weighted by Crippen LogP contribution is -2.38. The van der Waals surface area contributed by atoms with Crippen molar-refractivity contribution in [3.63, 3.8) is 0 Å². The standard InChI is InChI=1S/C30H35NO4/c1-5-6-16-34-25-15-11-10-14-22(25)27-26(29(33)35-19-21-12-8-7-9-13-21)20(2)31-23-17-30(3,4)18-24(32)28(23)27/h7-15,27,31H,5-6,16-19H2,1-4H3/t27-/m1/s1. The lowest BCUT2D eigenvalue weighted by molar-refractivity contribution is -0.140. The van der Waals surface area contributed by atoms with Gasteiger partial charge in [-0.3, -0.25) is 4.79 Å². The van der Waals surface area contributed by atoms with E-state index >= 15 is 0 Å². The fraction of sp³-hybridized carbons (Fsp3) is 0.400. The van der Waals surface area contributed by atoms with Gasteiger partial charge in [-0.25, -0.2) is 4.79 Å². The van der Waals surface area contributed by atoms with Crippen LogP contribution in [0, 0.1) is 5.41 Å². The van der Waals surface area contributed by atoms with Crippen molar-refractivity contribution in [2.75, 3.05) is 6.61 Å². The molecule has 1 N–H and O–H groups in total. The Hall–Kier alpha value is -3.34. The minimum absolute atomic E-state index is 0.0676. The van der Waals surface area contributed by atoms with Crippen molar-refractivity contribution in [3.05, 3.63) is 88.3 Å². The van der Waals surface area contributed by atoms with E-state index in [4.69, 9.17) is 9.47 Å². The molecule has 0 amide bonds. The fourth-order valence-electron chi connectivity index (χ4n) is 5.00. The van der Waals surface area contributed by atoms with Crippen LogP contribution in [0.15, 0.2) is 77.1 Å². The number of ketones is 1. The highest BCUT2D eigenvalue weighted by Crippen LogP contribution is 2.48. The molecule has 0 unspecified atom stereocenters. The summed E-state index contributed by atoms with van der Waals surface area (Å²) in [6, 6.07) is 17.4. The number of rotatable bonds is 8. The summed E-state index contributed by atoms with van der Waals surface area (Å²) in [5.74, 6) is -0.177. The van der Waals surface area contributed by atoms with Crippen LogP contribution in [0.2, 0.25) is 0 Å². The molecule has 5 nitrogen and oxygen atoms in total. The Bertz CT molecular complexity index is 1160. The number of para-hydroxylation sites is 1. The number of dihydropyridines is 1. The number of benzene rings is 2. The largest absolute Gasteiger partial charge is 0.493 e. The van der Waals surface area contributed by atoms with Crippen molar-refractivity contribution in [2.45, 2.75) is 65.9 Å². The van der Waals surface area contributed by atoms with Gasteiger partial charge >= 0.3 is 5.97 Å². The Kier molecular flexibility index (Phi) is 7.44. The molecular weight excluding hydrogens is 438 g/mol. The Morgan fingerprint density at radius 3 is 2.51 bits per heavy atom. The number of esters is 1. The molecule has 0 bridgehead atoms. The first kappa shape index (κ1) is 24.8. The first-order chi connectivity index (χ1) is 16.8. The third kappa shape index (κ3) is 5.50. The number of nitrogens with one attached hydrogen (secondary N) is 1. The molecule has 0 saturated heterocycles. The Balaban J connectivity index is 1.75. The van der Waals surface area contributed by atoms with E-state index in [0.717, 1.165) is 41.8 Å². The smallest absolute Gasteiger partial charge is 0.337 e. The molecule has 0 radical (unpaired) electrons. The molecule has 0 saturated carbocycles. The molecule has 0 fully saturated rings. The van der Waals surface area contributed by atoms with Crippen molar-refractivity contribution in [1.82, 2.24) is 5.32 Å². The molecule has 2 aliphatic rings. The van der Waals surface area contributed by atoms with Crippen molar-refractivity contribution in [2.24, 2.45) is 5.41 Å². The molecule has 35 heavy (non-hydrogen) atoms. The Labute approximate surface area is 208 Å². The molecular formula is C30H35NO4. The lowest BCUT2D eigenvalue weighted by Gasteiger charge is -2.39. The summed E-state index contributed by atoms with van der Waals surface area (Å²) < 4.78 is 11.9. The van der Waals surface area contributed by atoms with Gasteiger partial charge in [-0.1, -0.05) is 75.7 Å². The highest BCUT2D eigenvalue weighted by molar-refractivity contribution is 6.04. The van der Waals surface area contributed by atoms with Gasteiger partial charge in [0.2, 0.25) is 0 Å². The summed E-state index contributed by atoms with van der Waals surface area (Å²) >= 11 is 0. The number of carbonyl (C=O) groups excluding carboxylic acids is 2. The predicted molar refractivity (Wildman–Crippen MR) is 137 cm³/mol. The van der Waals surface area contributed by atoms with Gasteiger partial charge in [-0.05, 0) is 36.8 Å². The summed E-state index contributed by atoms with van der Waals surface area (Å²) in [5.41, 5.74) is 4.36. The summed E-state index contributed by atoms with van der Waals surface area (Å²) in [6.45, 7) is 8.98. The number of hydrogen-bond acceptors (Lipinski definition) is 5. The van der Waals surface area contributed by atoms with Crippen molar-refractivity contribution in [1.29, 1.82) is 0 Å². The molecule has 4 rings (SSSR count). The van der Waals surface area contributed by atoms with Gasteiger partial charge in [0.1, 0.15) is 12.4 Å². The number of hydrogen-bond donors (Lipinski definition) is 1. The molecule has 0 aromatic heterocycles. The van der Waals surface area contributed by atoms with E-state index in [-0.39, 0.29) is 17.8 Å². The monoisotopic (exact) mass is 473 g/mol. The van der Waals surface area contributed by atoms with E-state index < -0.39 is 11.9 Å². The molecule has 184 valence electrons. The maximum absolute atomic E-state index is 13.6. The maximum Gasteiger partial charge on any atom is 0.337 e.